The van der Waals surface area contributed by atoms with Crippen LogP contribution in [0.25, 0.3) is 0 Å². The second-order valence-corrected chi connectivity index (χ2v) is 5.45. The summed E-state index contributed by atoms with van der Waals surface area (Å²) in [6.07, 6.45) is 0.350. The van der Waals surface area contributed by atoms with Crippen molar-refractivity contribution in [1.29, 1.82) is 0 Å². The molecule has 0 saturated heterocycles. The zero-order valence-electron chi connectivity index (χ0n) is 13.5. The Morgan fingerprint density at radius 1 is 1.12 bits per heavy atom. The van der Waals surface area contributed by atoms with Gasteiger partial charge >= 0.3 is 6.01 Å². The van der Waals surface area contributed by atoms with Crippen LogP contribution in [0.3, 0.4) is 0 Å². The van der Waals surface area contributed by atoms with Crippen molar-refractivity contribution in [2.45, 2.75) is 13.3 Å². The molecule has 0 saturated carbocycles. The molecule has 0 unspecified atom stereocenters. The molecule has 0 radical (unpaired) electrons. The highest BCUT2D eigenvalue weighted by Gasteiger charge is 2.11. The summed E-state index contributed by atoms with van der Waals surface area (Å²) in [5.41, 5.74) is 1.93. The van der Waals surface area contributed by atoms with E-state index in [1.54, 1.807) is 24.3 Å². The fraction of sp³-hybridized carbons (Fsp3) is 0.167. The lowest BCUT2D eigenvalue weighted by Crippen LogP contribution is -2.20. The molecule has 0 aliphatic rings. The zero-order valence-corrected chi connectivity index (χ0v) is 13.5. The standard InChI is InChI=1S/C18H16FN3O3/c1-12-2-8-15(9-3-12)24-11-16(23)20-18-22-21-17(25-18)10-13-4-6-14(19)7-5-13/h2-9H,10-11H2,1H3,(H,20,22,23). The lowest BCUT2D eigenvalue weighted by molar-refractivity contribution is -0.118. The van der Waals surface area contributed by atoms with Crippen LogP contribution in [-0.4, -0.2) is 22.7 Å². The number of rotatable bonds is 6. The molecule has 6 nitrogen and oxygen atoms in total. The third-order valence-corrected chi connectivity index (χ3v) is 3.37. The molecular formula is C18H16FN3O3. The van der Waals surface area contributed by atoms with Gasteiger partial charge in [0, 0.05) is 0 Å². The summed E-state index contributed by atoms with van der Waals surface area (Å²) in [6, 6.07) is 13.3. The highest BCUT2D eigenvalue weighted by atomic mass is 19.1. The van der Waals surface area contributed by atoms with E-state index in [4.69, 9.17) is 9.15 Å². The first-order valence-electron chi connectivity index (χ1n) is 7.64. The van der Waals surface area contributed by atoms with E-state index in [1.807, 2.05) is 19.1 Å². The number of amides is 1. The number of benzene rings is 2. The van der Waals surface area contributed by atoms with Crippen molar-refractivity contribution in [3.8, 4) is 5.75 Å². The van der Waals surface area contributed by atoms with E-state index >= 15 is 0 Å². The second kappa shape index (κ2) is 7.57. The van der Waals surface area contributed by atoms with Crippen molar-refractivity contribution < 1.29 is 18.3 Å². The number of anilines is 1. The van der Waals surface area contributed by atoms with E-state index in [9.17, 15) is 9.18 Å². The molecule has 0 atom stereocenters. The average Bonchev–Trinajstić information content (AvgIpc) is 3.03. The SMILES string of the molecule is Cc1ccc(OCC(=O)Nc2nnc(Cc3ccc(F)cc3)o2)cc1. The number of halogens is 1. The average molecular weight is 341 g/mol. The van der Waals surface area contributed by atoms with Gasteiger partial charge in [0.1, 0.15) is 11.6 Å². The number of aromatic nitrogens is 2. The minimum atomic E-state index is -0.405. The summed E-state index contributed by atoms with van der Waals surface area (Å²) in [6.45, 7) is 1.80. The van der Waals surface area contributed by atoms with Gasteiger partial charge in [0.25, 0.3) is 5.91 Å². The molecule has 1 amide bonds. The van der Waals surface area contributed by atoms with Gasteiger partial charge in [-0.3, -0.25) is 10.1 Å². The largest absolute Gasteiger partial charge is 0.484 e. The molecular weight excluding hydrogens is 325 g/mol. The van der Waals surface area contributed by atoms with Crippen LogP contribution in [0, 0.1) is 12.7 Å². The van der Waals surface area contributed by atoms with Crippen LogP contribution in [-0.2, 0) is 11.2 Å². The van der Waals surface area contributed by atoms with Crippen molar-refractivity contribution in [1.82, 2.24) is 10.2 Å². The zero-order chi connectivity index (χ0) is 17.6. The first-order chi connectivity index (χ1) is 12.1. The van der Waals surface area contributed by atoms with E-state index in [0.717, 1.165) is 11.1 Å². The smallest absolute Gasteiger partial charge is 0.322 e. The molecule has 0 aliphatic carbocycles. The lowest BCUT2D eigenvalue weighted by Gasteiger charge is -2.05. The van der Waals surface area contributed by atoms with Crippen LogP contribution in [0.15, 0.2) is 52.9 Å². The van der Waals surface area contributed by atoms with Gasteiger partial charge in [-0.2, -0.15) is 0 Å². The summed E-state index contributed by atoms with van der Waals surface area (Å²) in [7, 11) is 0. The predicted molar refractivity (Wildman–Crippen MR) is 88.8 cm³/mol. The molecule has 3 aromatic rings. The maximum absolute atomic E-state index is 12.9. The first kappa shape index (κ1) is 16.6. The molecule has 2 aromatic carbocycles. The van der Waals surface area contributed by atoms with Gasteiger partial charge in [0.15, 0.2) is 6.61 Å². The van der Waals surface area contributed by atoms with Crippen LogP contribution in [0.5, 0.6) is 5.75 Å². The maximum Gasteiger partial charge on any atom is 0.322 e. The Morgan fingerprint density at radius 2 is 1.84 bits per heavy atom. The highest BCUT2D eigenvalue weighted by Crippen LogP contribution is 2.13. The number of carbonyl (C=O) groups excluding carboxylic acids is 1. The fourth-order valence-electron chi connectivity index (χ4n) is 2.09. The van der Waals surface area contributed by atoms with Crippen LogP contribution in [0.1, 0.15) is 17.0 Å². The van der Waals surface area contributed by atoms with Gasteiger partial charge in [-0.25, -0.2) is 4.39 Å². The number of aryl methyl sites for hydroxylation is 1. The summed E-state index contributed by atoms with van der Waals surface area (Å²) < 4.78 is 23.6. The molecule has 0 fully saturated rings. The fourth-order valence-corrected chi connectivity index (χ4v) is 2.09. The van der Waals surface area contributed by atoms with Gasteiger partial charge in [-0.1, -0.05) is 34.9 Å². The number of ether oxygens (including phenoxy) is 1. The molecule has 7 heteroatoms. The van der Waals surface area contributed by atoms with Gasteiger partial charge in [-0.05, 0) is 36.8 Å². The number of carbonyl (C=O) groups is 1. The molecule has 0 spiro atoms. The third-order valence-electron chi connectivity index (χ3n) is 3.37. The van der Waals surface area contributed by atoms with Gasteiger partial charge in [-0.15, -0.1) is 5.10 Å². The number of nitrogens with one attached hydrogen (secondary N) is 1. The predicted octanol–water partition coefficient (Wildman–Crippen LogP) is 3.13. The molecule has 1 heterocycles. The molecule has 25 heavy (non-hydrogen) atoms. The summed E-state index contributed by atoms with van der Waals surface area (Å²) in [4.78, 5) is 11.9. The van der Waals surface area contributed by atoms with Crippen LogP contribution in [0.2, 0.25) is 0 Å². The van der Waals surface area contributed by atoms with Crippen molar-refractivity contribution >= 4 is 11.9 Å². The van der Waals surface area contributed by atoms with Crippen LogP contribution < -0.4 is 10.1 Å². The van der Waals surface area contributed by atoms with Crippen LogP contribution in [0.4, 0.5) is 10.4 Å². The van der Waals surface area contributed by atoms with Gasteiger partial charge < -0.3 is 9.15 Å². The summed E-state index contributed by atoms with van der Waals surface area (Å²) in [5, 5.41) is 10.1. The van der Waals surface area contributed by atoms with E-state index in [-0.39, 0.29) is 18.4 Å². The monoisotopic (exact) mass is 341 g/mol. The minimum absolute atomic E-state index is 0.00498. The topological polar surface area (TPSA) is 77.2 Å². The molecule has 0 aliphatic heterocycles. The molecule has 128 valence electrons. The second-order valence-electron chi connectivity index (χ2n) is 5.45. The Labute approximate surface area is 143 Å². The van der Waals surface area contributed by atoms with Crippen molar-refractivity contribution in [3.63, 3.8) is 0 Å². The Morgan fingerprint density at radius 3 is 2.56 bits per heavy atom. The Kier molecular flexibility index (Phi) is 5.03. The lowest BCUT2D eigenvalue weighted by atomic mass is 10.1. The molecule has 1 N–H and O–H groups in total. The first-order valence-corrected chi connectivity index (χ1v) is 7.64. The molecule has 1 aromatic heterocycles. The molecule has 3 rings (SSSR count). The van der Waals surface area contributed by atoms with E-state index in [1.165, 1.54) is 12.1 Å². The van der Waals surface area contributed by atoms with Gasteiger partial charge in [0.2, 0.25) is 5.89 Å². The maximum atomic E-state index is 12.9. The minimum Gasteiger partial charge on any atom is -0.484 e. The van der Waals surface area contributed by atoms with Crippen LogP contribution >= 0.6 is 0 Å². The normalized spacial score (nSPS) is 10.5. The summed E-state index contributed by atoms with van der Waals surface area (Å²) in [5.74, 6) is 0.206. The van der Waals surface area contributed by atoms with Crippen molar-refractivity contribution in [2.24, 2.45) is 0 Å². The van der Waals surface area contributed by atoms with E-state index in [0.29, 0.717) is 18.1 Å². The van der Waals surface area contributed by atoms with Crippen molar-refractivity contribution in [2.75, 3.05) is 11.9 Å². The van der Waals surface area contributed by atoms with Crippen molar-refractivity contribution in [3.05, 3.63) is 71.4 Å². The molecule has 0 bridgehead atoms. The van der Waals surface area contributed by atoms with E-state index < -0.39 is 5.91 Å². The Balaban J connectivity index is 1.51. The number of hydrogen-bond acceptors (Lipinski definition) is 5. The third kappa shape index (κ3) is 4.87. The Hall–Kier alpha value is -3.22. The van der Waals surface area contributed by atoms with Gasteiger partial charge in [0.05, 0.1) is 6.42 Å². The highest BCUT2D eigenvalue weighted by molar-refractivity contribution is 5.89. The number of hydrogen-bond donors (Lipinski definition) is 1. The quantitative estimate of drug-likeness (QED) is 0.745. The van der Waals surface area contributed by atoms with E-state index in [2.05, 4.69) is 15.5 Å². The Bertz CT molecular complexity index is 845. The summed E-state index contributed by atoms with van der Waals surface area (Å²) >= 11 is 0. The number of nitrogens with zero attached hydrogens (tertiary/aromatic N) is 2.